The number of rotatable bonds is 5. The molecule has 1 saturated heterocycles. The molecule has 0 aromatic rings. The summed E-state index contributed by atoms with van der Waals surface area (Å²) in [5, 5.41) is 3.70. The van der Waals surface area contributed by atoms with Gasteiger partial charge in [0.05, 0.1) is 11.7 Å². The van der Waals surface area contributed by atoms with Crippen molar-refractivity contribution in [1.29, 1.82) is 0 Å². The molecule has 0 spiro atoms. The van der Waals surface area contributed by atoms with Crippen molar-refractivity contribution in [2.75, 3.05) is 19.8 Å². The van der Waals surface area contributed by atoms with Crippen molar-refractivity contribution in [3.05, 3.63) is 0 Å². The van der Waals surface area contributed by atoms with Gasteiger partial charge in [0.1, 0.15) is 0 Å². The average molecular weight is 253 g/mol. The smallest absolute Gasteiger partial charge is 0.0810 e. The highest BCUT2D eigenvalue weighted by atomic mass is 16.5. The standard InChI is InChI=1S/C15H27NO2/c1-2-8-15(9-3-1,12-16-13-4-5-13)18-14-6-10-17-11-7-14/h13-14,16H,1-12H2. The Bertz CT molecular complexity index is 253. The van der Waals surface area contributed by atoms with Crippen LogP contribution in [-0.2, 0) is 9.47 Å². The summed E-state index contributed by atoms with van der Waals surface area (Å²) in [6.45, 7) is 2.85. The predicted octanol–water partition coefficient (Wildman–Crippen LogP) is 2.64. The molecule has 2 saturated carbocycles. The molecule has 0 aromatic heterocycles. The van der Waals surface area contributed by atoms with E-state index < -0.39 is 0 Å². The molecule has 3 aliphatic rings. The largest absolute Gasteiger partial charge is 0.381 e. The predicted molar refractivity (Wildman–Crippen MR) is 71.8 cm³/mol. The lowest BCUT2D eigenvalue weighted by Crippen LogP contribution is -2.48. The van der Waals surface area contributed by atoms with Crippen LogP contribution >= 0.6 is 0 Å². The molecule has 1 N–H and O–H groups in total. The lowest BCUT2D eigenvalue weighted by molar-refractivity contribution is -0.139. The molecule has 104 valence electrons. The first kappa shape index (κ1) is 12.9. The molecule has 0 amide bonds. The van der Waals surface area contributed by atoms with Crippen molar-refractivity contribution in [2.45, 2.75) is 75.5 Å². The lowest BCUT2D eigenvalue weighted by Gasteiger charge is -2.41. The molecule has 0 aromatic carbocycles. The molecular formula is C15H27NO2. The van der Waals surface area contributed by atoms with E-state index >= 15 is 0 Å². The minimum Gasteiger partial charge on any atom is -0.381 e. The molecule has 2 aliphatic carbocycles. The molecule has 3 nitrogen and oxygen atoms in total. The van der Waals surface area contributed by atoms with Gasteiger partial charge in [-0.05, 0) is 38.5 Å². The molecule has 3 heteroatoms. The maximum Gasteiger partial charge on any atom is 0.0810 e. The lowest BCUT2D eigenvalue weighted by atomic mass is 9.84. The first-order valence-electron chi connectivity index (χ1n) is 7.85. The summed E-state index contributed by atoms with van der Waals surface area (Å²) in [7, 11) is 0. The van der Waals surface area contributed by atoms with Gasteiger partial charge in [0.25, 0.3) is 0 Å². The van der Waals surface area contributed by atoms with Gasteiger partial charge in [-0.1, -0.05) is 19.3 Å². The van der Waals surface area contributed by atoms with E-state index in [9.17, 15) is 0 Å². The summed E-state index contributed by atoms with van der Waals surface area (Å²) in [5.41, 5.74) is 0.142. The van der Waals surface area contributed by atoms with Gasteiger partial charge in [0.2, 0.25) is 0 Å². The van der Waals surface area contributed by atoms with Crippen LogP contribution in [0.1, 0.15) is 57.8 Å². The Hall–Kier alpha value is -0.120. The molecule has 18 heavy (non-hydrogen) atoms. The summed E-state index contributed by atoms with van der Waals surface area (Å²) in [4.78, 5) is 0. The van der Waals surface area contributed by atoms with Gasteiger partial charge in [-0.3, -0.25) is 0 Å². The maximum absolute atomic E-state index is 6.56. The molecule has 3 rings (SSSR count). The Balaban J connectivity index is 1.55. The molecule has 0 radical (unpaired) electrons. The van der Waals surface area contributed by atoms with Crippen molar-refractivity contribution in [3.8, 4) is 0 Å². The summed E-state index contributed by atoms with van der Waals surface area (Å²) < 4.78 is 12.0. The van der Waals surface area contributed by atoms with E-state index in [1.807, 2.05) is 0 Å². The van der Waals surface area contributed by atoms with Gasteiger partial charge in [-0.15, -0.1) is 0 Å². The number of hydrogen-bond acceptors (Lipinski definition) is 3. The Morgan fingerprint density at radius 3 is 2.39 bits per heavy atom. The number of nitrogens with one attached hydrogen (secondary N) is 1. The van der Waals surface area contributed by atoms with E-state index in [2.05, 4.69) is 5.32 Å². The zero-order valence-corrected chi connectivity index (χ0v) is 11.5. The Morgan fingerprint density at radius 1 is 1.00 bits per heavy atom. The van der Waals surface area contributed by atoms with Crippen molar-refractivity contribution in [2.24, 2.45) is 0 Å². The van der Waals surface area contributed by atoms with E-state index in [0.29, 0.717) is 6.10 Å². The molecular weight excluding hydrogens is 226 g/mol. The van der Waals surface area contributed by atoms with Gasteiger partial charge in [0, 0.05) is 25.8 Å². The SMILES string of the molecule is C1CCC(CNC2CC2)(OC2CCOCC2)CC1. The van der Waals surface area contributed by atoms with Crippen molar-refractivity contribution in [1.82, 2.24) is 5.32 Å². The van der Waals surface area contributed by atoms with E-state index in [1.54, 1.807) is 0 Å². The summed E-state index contributed by atoms with van der Waals surface area (Å²) in [6.07, 6.45) is 11.9. The van der Waals surface area contributed by atoms with E-state index in [-0.39, 0.29) is 5.60 Å². The van der Waals surface area contributed by atoms with Crippen molar-refractivity contribution < 1.29 is 9.47 Å². The molecule has 3 fully saturated rings. The van der Waals surface area contributed by atoms with E-state index in [0.717, 1.165) is 38.6 Å². The first-order chi connectivity index (χ1) is 8.86. The third-order valence-electron chi connectivity index (χ3n) is 4.64. The fourth-order valence-corrected chi connectivity index (χ4v) is 3.30. The van der Waals surface area contributed by atoms with Crippen molar-refractivity contribution in [3.63, 3.8) is 0 Å². The zero-order chi connectivity index (χ0) is 12.3. The summed E-state index contributed by atoms with van der Waals surface area (Å²) in [6, 6.07) is 0.794. The Kier molecular flexibility index (Phi) is 4.22. The molecule has 0 atom stereocenters. The monoisotopic (exact) mass is 253 g/mol. The quantitative estimate of drug-likeness (QED) is 0.817. The highest BCUT2D eigenvalue weighted by Gasteiger charge is 2.37. The van der Waals surface area contributed by atoms with Crippen LogP contribution in [0.5, 0.6) is 0 Å². The van der Waals surface area contributed by atoms with Gasteiger partial charge in [-0.2, -0.15) is 0 Å². The zero-order valence-electron chi connectivity index (χ0n) is 11.5. The van der Waals surface area contributed by atoms with E-state index in [4.69, 9.17) is 9.47 Å². The number of hydrogen-bond donors (Lipinski definition) is 1. The topological polar surface area (TPSA) is 30.5 Å². The Labute approximate surface area is 111 Å². The van der Waals surface area contributed by atoms with Crippen LogP contribution in [0.15, 0.2) is 0 Å². The maximum atomic E-state index is 6.56. The first-order valence-corrected chi connectivity index (χ1v) is 7.85. The van der Waals surface area contributed by atoms with Crippen LogP contribution in [-0.4, -0.2) is 37.5 Å². The third kappa shape index (κ3) is 3.46. The normalized spacial score (nSPS) is 29.3. The average Bonchev–Trinajstić information content (AvgIpc) is 3.23. The fourth-order valence-electron chi connectivity index (χ4n) is 3.30. The highest BCUT2D eigenvalue weighted by Crippen LogP contribution is 2.34. The Morgan fingerprint density at radius 2 is 1.72 bits per heavy atom. The van der Waals surface area contributed by atoms with Gasteiger partial charge < -0.3 is 14.8 Å². The van der Waals surface area contributed by atoms with Crippen LogP contribution in [0.25, 0.3) is 0 Å². The van der Waals surface area contributed by atoms with Gasteiger partial charge in [0.15, 0.2) is 0 Å². The van der Waals surface area contributed by atoms with Crippen LogP contribution in [0.3, 0.4) is 0 Å². The highest BCUT2D eigenvalue weighted by molar-refractivity contribution is 4.92. The second kappa shape index (κ2) is 5.89. The molecule has 0 unspecified atom stereocenters. The molecule has 1 aliphatic heterocycles. The summed E-state index contributed by atoms with van der Waals surface area (Å²) in [5.74, 6) is 0. The summed E-state index contributed by atoms with van der Waals surface area (Å²) >= 11 is 0. The van der Waals surface area contributed by atoms with Gasteiger partial charge >= 0.3 is 0 Å². The second-order valence-corrected chi connectivity index (χ2v) is 6.33. The third-order valence-corrected chi connectivity index (χ3v) is 4.64. The minimum absolute atomic E-state index is 0.142. The van der Waals surface area contributed by atoms with Crippen molar-refractivity contribution >= 4 is 0 Å². The van der Waals surface area contributed by atoms with Crippen LogP contribution < -0.4 is 5.32 Å². The minimum atomic E-state index is 0.142. The number of ether oxygens (including phenoxy) is 2. The van der Waals surface area contributed by atoms with E-state index in [1.165, 1.54) is 44.9 Å². The fraction of sp³-hybridized carbons (Fsp3) is 1.00. The van der Waals surface area contributed by atoms with Crippen LogP contribution in [0.4, 0.5) is 0 Å². The van der Waals surface area contributed by atoms with Crippen LogP contribution in [0.2, 0.25) is 0 Å². The van der Waals surface area contributed by atoms with Crippen LogP contribution in [0, 0.1) is 0 Å². The molecule has 1 heterocycles. The second-order valence-electron chi connectivity index (χ2n) is 6.33. The molecule has 0 bridgehead atoms. The van der Waals surface area contributed by atoms with Gasteiger partial charge in [-0.25, -0.2) is 0 Å².